The van der Waals surface area contributed by atoms with Crippen molar-refractivity contribution in [2.24, 2.45) is 5.73 Å². The number of carbonyl (C=O) groups excluding carboxylic acids is 1. The van der Waals surface area contributed by atoms with Crippen LogP contribution in [0.1, 0.15) is 42.1 Å². The average molecular weight is 267 g/mol. The van der Waals surface area contributed by atoms with Gasteiger partial charge >= 0.3 is 0 Å². The summed E-state index contributed by atoms with van der Waals surface area (Å²) < 4.78 is 5.70. The number of nitrogens with two attached hydrogens (primary N) is 1. The van der Waals surface area contributed by atoms with Crippen LogP contribution in [-0.4, -0.2) is 46.4 Å². The maximum atomic E-state index is 11.6. The third-order valence-corrected chi connectivity index (χ3v) is 3.26. The van der Waals surface area contributed by atoms with Crippen molar-refractivity contribution in [1.82, 2.24) is 20.5 Å². The molecule has 7 heteroatoms. The van der Waals surface area contributed by atoms with E-state index in [0.717, 1.165) is 25.7 Å². The van der Waals surface area contributed by atoms with Gasteiger partial charge in [-0.25, -0.2) is 4.98 Å². The number of hydrogen-bond donors (Lipinski definition) is 3. The number of aryl methyl sites for hydroxylation is 1. The molecule has 1 fully saturated rings. The Morgan fingerprint density at radius 3 is 2.84 bits per heavy atom. The van der Waals surface area contributed by atoms with Crippen LogP contribution in [-0.2, 0) is 4.74 Å². The van der Waals surface area contributed by atoms with Crippen LogP contribution in [0.25, 0.3) is 0 Å². The topological polar surface area (TPSA) is 106 Å². The van der Waals surface area contributed by atoms with Crippen LogP contribution in [0.4, 0.5) is 0 Å². The second-order valence-electron chi connectivity index (χ2n) is 4.91. The first-order valence-corrected chi connectivity index (χ1v) is 6.69. The number of aromatic nitrogens is 3. The van der Waals surface area contributed by atoms with E-state index in [1.54, 1.807) is 6.92 Å². The first-order chi connectivity index (χ1) is 9.15. The average Bonchev–Trinajstić information content (AvgIpc) is 2.83. The molecule has 19 heavy (non-hydrogen) atoms. The molecular formula is C12H21N5O2. The first kappa shape index (κ1) is 14.0. The number of rotatable bonds is 5. The van der Waals surface area contributed by atoms with E-state index in [1.165, 1.54) is 0 Å². The molecule has 0 aliphatic heterocycles. The van der Waals surface area contributed by atoms with E-state index in [-0.39, 0.29) is 17.8 Å². The maximum absolute atomic E-state index is 11.6. The number of carbonyl (C=O) groups is 1. The minimum absolute atomic E-state index is 0.168. The minimum Gasteiger partial charge on any atom is -0.376 e. The molecule has 0 saturated heterocycles. The molecule has 1 aromatic heterocycles. The Balaban J connectivity index is 1.60. The molecule has 1 heterocycles. The first-order valence-electron chi connectivity index (χ1n) is 6.69. The molecule has 1 aliphatic carbocycles. The highest BCUT2D eigenvalue weighted by Crippen LogP contribution is 2.19. The largest absolute Gasteiger partial charge is 0.376 e. The highest BCUT2D eigenvalue weighted by atomic mass is 16.5. The van der Waals surface area contributed by atoms with E-state index >= 15 is 0 Å². The van der Waals surface area contributed by atoms with Crippen LogP contribution in [0, 0.1) is 6.92 Å². The van der Waals surface area contributed by atoms with Crippen molar-refractivity contribution in [3.8, 4) is 0 Å². The molecule has 2 rings (SSSR count). The van der Waals surface area contributed by atoms with Gasteiger partial charge in [0.05, 0.1) is 12.7 Å². The van der Waals surface area contributed by atoms with E-state index in [0.29, 0.717) is 25.0 Å². The van der Waals surface area contributed by atoms with Crippen molar-refractivity contribution in [2.45, 2.75) is 44.8 Å². The monoisotopic (exact) mass is 267 g/mol. The Morgan fingerprint density at radius 2 is 2.21 bits per heavy atom. The van der Waals surface area contributed by atoms with Gasteiger partial charge < -0.3 is 15.8 Å². The normalized spacial score (nSPS) is 23.3. The molecule has 106 valence electrons. The van der Waals surface area contributed by atoms with Crippen LogP contribution in [0.15, 0.2) is 0 Å². The summed E-state index contributed by atoms with van der Waals surface area (Å²) in [5.41, 5.74) is 5.83. The lowest BCUT2D eigenvalue weighted by molar-refractivity contribution is 0.0267. The lowest BCUT2D eigenvalue weighted by Crippen LogP contribution is -2.33. The van der Waals surface area contributed by atoms with Gasteiger partial charge in [-0.05, 0) is 32.6 Å². The molecule has 1 amide bonds. The van der Waals surface area contributed by atoms with E-state index < -0.39 is 0 Å². The van der Waals surface area contributed by atoms with E-state index in [4.69, 9.17) is 10.5 Å². The van der Waals surface area contributed by atoms with Gasteiger partial charge in [-0.2, -0.15) is 0 Å². The smallest absolute Gasteiger partial charge is 0.291 e. The number of nitrogens with one attached hydrogen (secondary N) is 2. The maximum Gasteiger partial charge on any atom is 0.291 e. The Morgan fingerprint density at radius 1 is 1.47 bits per heavy atom. The van der Waals surface area contributed by atoms with Crippen LogP contribution in [0.5, 0.6) is 0 Å². The zero-order valence-corrected chi connectivity index (χ0v) is 11.2. The summed E-state index contributed by atoms with van der Waals surface area (Å²) in [6.45, 7) is 2.73. The quantitative estimate of drug-likeness (QED) is 0.657. The van der Waals surface area contributed by atoms with Crippen molar-refractivity contribution >= 4 is 5.91 Å². The third-order valence-electron chi connectivity index (χ3n) is 3.26. The van der Waals surface area contributed by atoms with Gasteiger partial charge in [-0.15, -0.1) is 5.10 Å². The van der Waals surface area contributed by atoms with Gasteiger partial charge in [-0.3, -0.25) is 9.89 Å². The summed E-state index contributed by atoms with van der Waals surface area (Å²) in [5, 5.41) is 9.15. The summed E-state index contributed by atoms with van der Waals surface area (Å²) in [4.78, 5) is 15.6. The van der Waals surface area contributed by atoms with Gasteiger partial charge in [-0.1, -0.05) is 0 Å². The molecule has 0 aromatic carbocycles. The number of aromatic amines is 1. The summed E-state index contributed by atoms with van der Waals surface area (Å²) in [7, 11) is 0. The predicted molar refractivity (Wildman–Crippen MR) is 69.6 cm³/mol. The lowest BCUT2D eigenvalue weighted by atomic mass is 9.94. The Kier molecular flexibility index (Phi) is 4.86. The number of amides is 1. The van der Waals surface area contributed by atoms with E-state index in [9.17, 15) is 4.79 Å². The molecule has 0 radical (unpaired) electrons. The van der Waals surface area contributed by atoms with Crippen molar-refractivity contribution < 1.29 is 9.53 Å². The van der Waals surface area contributed by atoms with Gasteiger partial charge in [0, 0.05) is 12.6 Å². The van der Waals surface area contributed by atoms with E-state index in [2.05, 4.69) is 20.5 Å². The molecular weight excluding hydrogens is 246 g/mol. The highest BCUT2D eigenvalue weighted by Gasteiger charge is 2.18. The van der Waals surface area contributed by atoms with E-state index in [1.807, 2.05) is 0 Å². The molecule has 0 atom stereocenters. The SMILES string of the molecule is Cc1nc(C(=O)NCCOC2CCC(N)CC2)n[nH]1. The molecule has 1 saturated carbocycles. The fourth-order valence-corrected chi connectivity index (χ4v) is 2.17. The standard InChI is InChI=1S/C12H21N5O2/c1-8-15-11(17-16-8)12(18)14-6-7-19-10-4-2-9(13)3-5-10/h9-10H,2-7,13H2,1H3,(H,14,18)(H,15,16,17). The van der Waals surface area contributed by atoms with Crippen molar-refractivity contribution in [3.05, 3.63) is 11.6 Å². The van der Waals surface area contributed by atoms with Crippen LogP contribution < -0.4 is 11.1 Å². The summed E-state index contributed by atoms with van der Waals surface area (Å²) in [6.07, 6.45) is 4.34. The molecule has 1 aliphatic rings. The number of ether oxygens (including phenoxy) is 1. The summed E-state index contributed by atoms with van der Waals surface area (Å²) >= 11 is 0. The van der Waals surface area contributed by atoms with Crippen molar-refractivity contribution in [2.75, 3.05) is 13.2 Å². The Labute approximate surface area is 112 Å². The second kappa shape index (κ2) is 6.63. The fourth-order valence-electron chi connectivity index (χ4n) is 2.17. The zero-order valence-electron chi connectivity index (χ0n) is 11.2. The molecule has 0 bridgehead atoms. The Bertz CT molecular complexity index is 412. The number of nitrogens with zero attached hydrogens (tertiary/aromatic N) is 2. The van der Waals surface area contributed by atoms with Crippen molar-refractivity contribution in [1.29, 1.82) is 0 Å². The summed E-state index contributed by atoms with van der Waals surface area (Å²) in [6, 6.07) is 0.327. The summed E-state index contributed by atoms with van der Waals surface area (Å²) in [5.74, 6) is 0.514. The molecule has 4 N–H and O–H groups in total. The van der Waals surface area contributed by atoms with Gasteiger partial charge in [0.25, 0.3) is 5.91 Å². The predicted octanol–water partition coefficient (Wildman–Crippen LogP) is 0.129. The number of hydrogen-bond acceptors (Lipinski definition) is 5. The Hall–Kier alpha value is -1.47. The van der Waals surface area contributed by atoms with Crippen LogP contribution in [0.3, 0.4) is 0 Å². The molecule has 0 spiro atoms. The van der Waals surface area contributed by atoms with Crippen LogP contribution in [0.2, 0.25) is 0 Å². The third kappa shape index (κ3) is 4.29. The lowest BCUT2D eigenvalue weighted by Gasteiger charge is -2.26. The minimum atomic E-state index is -0.279. The van der Waals surface area contributed by atoms with Gasteiger partial charge in [0.15, 0.2) is 0 Å². The molecule has 0 unspecified atom stereocenters. The second-order valence-corrected chi connectivity index (χ2v) is 4.91. The van der Waals surface area contributed by atoms with Crippen LogP contribution >= 0.6 is 0 Å². The van der Waals surface area contributed by atoms with Crippen molar-refractivity contribution in [3.63, 3.8) is 0 Å². The fraction of sp³-hybridized carbons (Fsp3) is 0.750. The molecule has 7 nitrogen and oxygen atoms in total. The zero-order chi connectivity index (χ0) is 13.7. The van der Waals surface area contributed by atoms with Gasteiger partial charge in [0.1, 0.15) is 5.82 Å². The molecule has 1 aromatic rings. The van der Waals surface area contributed by atoms with Gasteiger partial charge in [0.2, 0.25) is 5.82 Å². The number of H-pyrrole nitrogens is 1. The highest BCUT2D eigenvalue weighted by molar-refractivity contribution is 5.90.